The van der Waals surface area contributed by atoms with Gasteiger partial charge in [-0.2, -0.15) is 0 Å². The average molecular weight is 234 g/mol. The van der Waals surface area contributed by atoms with Crippen molar-refractivity contribution in [2.75, 3.05) is 18.0 Å². The zero-order valence-electron chi connectivity index (χ0n) is 10.6. The van der Waals surface area contributed by atoms with Gasteiger partial charge in [-0.25, -0.2) is 0 Å². The highest BCUT2D eigenvalue weighted by atomic mass is 16.2. The van der Waals surface area contributed by atoms with E-state index in [1.807, 2.05) is 42.2 Å². The van der Waals surface area contributed by atoms with Gasteiger partial charge < -0.3 is 10.6 Å². The van der Waals surface area contributed by atoms with E-state index in [1.165, 1.54) is 0 Å². The van der Waals surface area contributed by atoms with E-state index in [2.05, 4.69) is 0 Å². The Morgan fingerprint density at radius 1 is 1.18 bits per heavy atom. The minimum Gasteiger partial charge on any atom is -0.330 e. The van der Waals surface area contributed by atoms with Gasteiger partial charge in [0.25, 0.3) is 0 Å². The van der Waals surface area contributed by atoms with E-state index in [9.17, 15) is 4.79 Å². The predicted molar refractivity (Wildman–Crippen MR) is 72.0 cm³/mol. The lowest BCUT2D eigenvalue weighted by molar-refractivity contribution is -0.118. The number of hydrogen-bond acceptors (Lipinski definition) is 2. The topological polar surface area (TPSA) is 46.3 Å². The van der Waals surface area contributed by atoms with Gasteiger partial charge in [-0.1, -0.05) is 24.6 Å². The van der Waals surface area contributed by atoms with E-state index in [4.69, 9.17) is 5.73 Å². The van der Waals surface area contributed by atoms with Gasteiger partial charge in [0.15, 0.2) is 0 Å². The second kappa shape index (κ2) is 7.85. The summed E-state index contributed by atoms with van der Waals surface area (Å²) in [5, 5.41) is 0. The third-order valence-electron chi connectivity index (χ3n) is 2.78. The van der Waals surface area contributed by atoms with Crippen molar-refractivity contribution in [3.8, 4) is 0 Å². The van der Waals surface area contributed by atoms with Crippen molar-refractivity contribution < 1.29 is 4.79 Å². The maximum atomic E-state index is 12.0. The van der Waals surface area contributed by atoms with Crippen LogP contribution in [0.15, 0.2) is 30.3 Å². The molecule has 0 aromatic heterocycles. The van der Waals surface area contributed by atoms with Gasteiger partial charge in [0, 0.05) is 18.7 Å². The van der Waals surface area contributed by atoms with E-state index in [1.54, 1.807) is 0 Å². The molecule has 0 spiro atoms. The first-order chi connectivity index (χ1) is 8.29. The molecule has 1 aromatic rings. The van der Waals surface area contributed by atoms with Crippen molar-refractivity contribution in [1.29, 1.82) is 0 Å². The van der Waals surface area contributed by atoms with Crippen LogP contribution in [0, 0.1) is 0 Å². The number of rotatable bonds is 7. The number of nitrogens with two attached hydrogens (primary N) is 1. The number of para-hydroxylation sites is 1. The van der Waals surface area contributed by atoms with E-state index in [0.29, 0.717) is 13.0 Å². The highest BCUT2D eigenvalue weighted by Crippen LogP contribution is 2.15. The monoisotopic (exact) mass is 234 g/mol. The van der Waals surface area contributed by atoms with E-state index in [-0.39, 0.29) is 5.91 Å². The van der Waals surface area contributed by atoms with Crippen molar-refractivity contribution in [2.24, 2.45) is 5.73 Å². The fourth-order valence-corrected chi connectivity index (χ4v) is 1.84. The zero-order chi connectivity index (χ0) is 12.5. The Bertz CT molecular complexity index is 324. The second-order valence-electron chi connectivity index (χ2n) is 4.07. The molecule has 0 aliphatic rings. The average Bonchev–Trinajstić information content (AvgIpc) is 2.37. The molecule has 0 unspecified atom stereocenters. The number of benzene rings is 1. The molecule has 0 saturated heterocycles. The van der Waals surface area contributed by atoms with E-state index < -0.39 is 0 Å². The van der Waals surface area contributed by atoms with Crippen LogP contribution in [0.2, 0.25) is 0 Å². The summed E-state index contributed by atoms with van der Waals surface area (Å²) in [6, 6.07) is 9.82. The molecule has 1 rings (SSSR count). The first-order valence-corrected chi connectivity index (χ1v) is 6.35. The van der Waals surface area contributed by atoms with Crippen LogP contribution >= 0.6 is 0 Å². The number of amides is 1. The maximum absolute atomic E-state index is 12.0. The lowest BCUT2D eigenvalue weighted by Crippen LogP contribution is -2.30. The van der Waals surface area contributed by atoms with Gasteiger partial charge in [-0.3, -0.25) is 4.79 Å². The lowest BCUT2D eigenvalue weighted by atomic mass is 10.1. The maximum Gasteiger partial charge on any atom is 0.226 e. The van der Waals surface area contributed by atoms with Crippen LogP contribution in [0.25, 0.3) is 0 Å². The molecule has 0 atom stereocenters. The third-order valence-corrected chi connectivity index (χ3v) is 2.78. The van der Waals surface area contributed by atoms with Gasteiger partial charge in [0.2, 0.25) is 5.91 Å². The van der Waals surface area contributed by atoms with Gasteiger partial charge in [0.05, 0.1) is 0 Å². The summed E-state index contributed by atoms with van der Waals surface area (Å²) < 4.78 is 0. The summed E-state index contributed by atoms with van der Waals surface area (Å²) in [6.07, 6.45) is 3.58. The molecule has 0 saturated carbocycles. The fraction of sp³-hybridized carbons (Fsp3) is 0.500. The van der Waals surface area contributed by atoms with Gasteiger partial charge in [-0.05, 0) is 38.4 Å². The lowest BCUT2D eigenvalue weighted by Gasteiger charge is -2.20. The molecule has 0 radical (unpaired) electrons. The van der Waals surface area contributed by atoms with E-state index >= 15 is 0 Å². The SMILES string of the molecule is CCN(C(=O)CCCCCN)c1ccccc1. The molecule has 94 valence electrons. The molecule has 0 aliphatic heterocycles. The number of nitrogens with zero attached hydrogens (tertiary/aromatic N) is 1. The largest absolute Gasteiger partial charge is 0.330 e. The first kappa shape index (κ1) is 13.7. The van der Waals surface area contributed by atoms with Crippen molar-refractivity contribution in [1.82, 2.24) is 0 Å². The number of anilines is 1. The molecule has 2 N–H and O–H groups in total. The van der Waals surface area contributed by atoms with Crippen LogP contribution in [0.3, 0.4) is 0 Å². The Balaban J connectivity index is 2.48. The molecule has 1 amide bonds. The van der Waals surface area contributed by atoms with Crippen molar-refractivity contribution in [3.05, 3.63) is 30.3 Å². The summed E-state index contributed by atoms with van der Waals surface area (Å²) in [5.41, 5.74) is 6.41. The normalized spacial score (nSPS) is 10.2. The van der Waals surface area contributed by atoms with Crippen molar-refractivity contribution >= 4 is 11.6 Å². The van der Waals surface area contributed by atoms with Crippen LogP contribution in [0.5, 0.6) is 0 Å². The summed E-state index contributed by atoms with van der Waals surface area (Å²) >= 11 is 0. The van der Waals surface area contributed by atoms with Gasteiger partial charge >= 0.3 is 0 Å². The Morgan fingerprint density at radius 2 is 1.88 bits per heavy atom. The minimum absolute atomic E-state index is 0.204. The summed E-state index contributed by atoms with van der Waals surface area (Å²) in [4.78, 5) is 13.9. The number of carbonyl (C=O) groups is 1. The summed E-state index contributed by atoms with van der Waals surface area (Å²) in [5.74, 6) is 0.204. The molecular formula is C14H22N2O. The van der Waals surface area contributed by atoms with Crippen LogP contribution in [-0.2, 0) is 4.79 Å². The number of unbranched alkanes of at least 4 members (excludes halogenated alkanes) is 2. The molecular weight excluding hydrogens is 212 g/mol. The Kier molecular flexibility index (Phi) is 6.33. The number of carbonyl (C=O) groups excluding carboxylic acids is 1. The summed E-state index contributed by atoms with van der Waals surface area (Å²) in [6.45, 7) is 3.44. The minimum atomic E-state index is 0.204. The molecule has 0 bridgehead atoms. The Morgan fingerprint density at radius 3 is 2.47 bits per heavy atom. The molecule has 0 heterocycles. The second-order valence-corrected chi connectivity index (χ2v) is 4.07. The van der Waals surface area contributed by atoms with E-state index in [0.717, 1.165) is 31.5 Å². The molecule has 17 heavy (non-hydrogen) atoms. The molecule has 0 aliphatic carbocycles. The molecule has 1 aromatic carbocycles. The Labute approximate surface area is 104 Å². The van der Waals surface area contributed by atoms with Crippen LogP contribution < -0.4 is 10.6 Å². The highest BCUT2D eigenvalue weighted by Gasteiger charge is 2.12. The Hall–Kier alpha value is -1.35. The molecule has 3 nitrogen and oxygen atoms in total. The smallest absolute Gasteiger partial charge is 0.226 e. The number of hydrogen-bond donors (Lipinski definition) is 1. The third kappa shape index (κ3) is 4.57. The molecule has 0 fully saturated rings. The predicted octanol–water partition coefficient (Wildman–Crippen LogP) is 2.56. The van der Waals surface area contributed by atoms with Crippen LogP contribution in [0.1, 0.15) is 32.6 Å². The molecule has 3 heteroatoms. The van der Waals surface area contributed by atoms with Gasteiger partial charge in [-0.15, -0.1) is 0 Å². The first-order valence-electron chi connectivity index (χ1n) is 6.35. The quantitative estimate of drug-likeness (QED) is 0.737. The summed E-state index contributed by atoms with van der Waals surface area (Å²) in [7, 11) is 0. The van der Waals surface area contributed by atoms with Crippen molar-refractivity contribution in [2.45, 2.75) is 32.6 Å². The standard InChI is InChI=1S/C14H22N2O/c1-2-16(13-9-5-3-6-10-13)14(17)11-7-4-8-12-15/h3,5-6,9-10H,2,4,7-8,11-12,15H2,1H3. The fourth-order valence-electron chi connectivity index (χ4n) is 1.84. The van der Waals surface area contributed by atoms with Crippen LogP contribution in [-0.4, -0.2) is 19.0 Å². The van der Waals surface area contributed by atoms with Crippen molar-refractivity contribution in [3.63, 3.8) is 0 Å². The van der Waals surface area contributed by atoms with Gasteiger partial charge in [0.1, 0.15) is 0 Å². The zero-order valence-corrected chi connectivity index (χ0v) is 10.6. The van der Waals surface area contributed by atoms with Crippen LogP contribution in [0.4, 0.5) is 5.69 Å². The highest BCUT2D eigenvalue weighted by molar-refractivity contribution is 5.93.